The number of ether oxygens (including phenoxy) is 1. The van der Waals surface area contributed by atoms with Crippen LogP contribution < -0.4 is 15.8 Å². The molecule has 4 N–H and O–H groups in total. The van der Waals surface area contributed by atoms with Crippen LogP contribution in [0.4, 0.5) is 5.69 Å². The van der Waals surface area contributed by atoms with Gasteiger partial charge in [0.1, 0.15) is 11.3 Å². The van der Waals surface area contributed by atoms with Crippen LogP contribution in [0.2, 0.25) is 0 Å². The average molecular weight is 264 g/mol. The maximum absolute atomic E-state index is 12.1. The van der Waals surface area contributed by atoms with Gasteiger partial charge in [0.2, 0.25) is 0 Å². The second-order valence-electron chi connectivity index (χ2n) is 4.77. The third-order valence-electron chi connectivity index (χ3n) is 3.22. The van der Waals surface area contributed by atoms with Crippen molar-refractivity contribution in [2.45, 2.75) is 25.9 Å². The number of rotatable bonds is 6. The molecule has 1 amide bonds. The topological polar surface area (TPSA) is 84.6 Å². The Morgan fingerprint density at radius 2 is 2.32 bits per heavy atom. The molecule has 1 atom stereocenters. The van der Waals surface area contributed by atoms with E-state index in [1.807, 2.05) is 6.92 Å². The zero-order valence-electron chi connectivity index (χ0n) is 11.1. The largest absolute Gasteiger partial charge is 0.493 e. The minimum atomic E-state index is -0.468. The van der Waals surface area contributed by atoms with Crippen LogP contribution in [0.5, 0.6) is 5.75 Å². The van der Waals surface area contributed by atoms with Crippen molar-refractivity contribution >= 4 is 11.6 Å². The van der Waals surface area contributed by atoms with E-state index >= 15 is 0 Å². The quantitative estimate of drug-likeness (QED) is 0.673. The molecule has 5 heteroatoms. The van der Waals surface area contributed by atoms with Gasteiger partial charge in [-0.25, -0.2) is 0 Å². The summed E-state index contributed by atoms with van der Waals surface area (Å²) in [5.41, 5.74) is 6.55. The van der Waals surface area contributed by atoms with E-state index in [1.54, 1.807) is 18.2 Å². The molecule has 0 spiro atoms. The van der Waals surface area contributed by atoms with Crippen LogP contribution in [-0.4, -0.2) is 30.3 Å². The fraction of sp³-hybridized carbons (Fsp3) is 0.500. The van der Waals surface area contributed by atoms with Gasteiger partial charge in [0.25, 0.3) is 5.91 Å². The second-order valence-corrected chi connectivity index (χ2v) is 4.77. The second kappa shape index (κ2) is 5.93. The predicted molar refractivity (Wildman–Crippen MR) is 73.1 cm³/mol. The Balaban J connectivity index is 2.04. The number of carbonyl (C=O) groups excluding carboxylic acids is 1. The number of nitrogens with one attached hydrogen (secondary N) is 1. The third kappa shape index (κ3) is 3.38. The number of hydrogen-bond acceptors (Lipinski definition) is 4. The van der Waals surface area contributed by atoms with Crippen LogP contribution in [0, 0.1) is 5.92 Å². The van der Waals surface area contributed by atoms with Gasteiger partial charge in [-0.2, -0.15) is 0 Å². The van der Waals surface area contributed by atoms with Gasteiger partial charge in [-0.1, -0.05) is 6.07 Å². The summed E-state index contributed by atoms with van der Waals surface area (Å²) in [7, 11) is 0. The van der Waals surface area contributed by atoms with Crippen LogP contribution in [0.15, 0.2) is 18.2 Å². The van der Waals surface area contributed by atoms with Crippen molar-refractivity contribution in [1.82, 2.24) is 5.32 Å². The SMILES string of the molecule is CCOc1cccc(N)c1C(=O)NCC(O)C1CC1. The Morgan fingerprint density at radius 3 is 2.95 bits per heavy atom. The van der Waals surface area contributed by atoms with Crippen molar-refractivity contribution in [3.8, 4) is 5.75 Å². The highest BCUT2D eigenvalue weighted by Crippen LogP contribution is 2.32. The summed E-state index contributed by atoms with van der Waals surface area (Å²) in [4.78, 5) is 12.1. The molecule has 2 rings (SSSR count). The minimum Gasteiger partial charge on any atom is -0.493 e. The van der Waals surface area contributed by atoms with Crippen molar-refractivity contribution in [3.05, 3.63) is 23.8 Å². The molecule has 1 aliphatic carbocycles. The first-order chi connectivity index (χ1) is 9.13. The van der Waals surface area contributed by atoms with Gasteiger partial charge in [-0.3, -0.25) is 4.79 Å². The molecule has 1 unspecified atom stereocenters. The van der Waals surface area contributed by atoms with Crippen molar-refractivity contribution in [2.24, 2.45) is 5.92 Å². The molecular formula is C14H20N2O3. The molecule has 1 aromatic carbocycles. The van der Waals surface area contributed by atoms with Gasteiger partial charge >= 0.3 is 0 Å². The highest BCUT2D eigenvalue weighted by Gasteiger charge is 2.30. The molecule has 1 aromatic rings. The fourth-order valence-electron chi connectivity index (χ4n) is 2.00. The molecule has 104 valence electrons. The number of aliphatic hydroxyl groups excluding tert-OH is 1. The highest BCUT2D eigenvalue weighted by molar-refractivity contribution is 6.01. The van der Waals surface area contributed by atoms with Crippen LogP contribution in [0.3, 0.4) is 0 Å². The van der Waals surface area contributed by atoms with E-state index in [0.29, 0.717) is 29.5 Å². The van der Waals surface area contributed by atoms with Crippen molar-refractivity contribution in [2.75, 3.05) is 18.9 Å². The number of anilines is 1. The van der Waals surface area contributed by atoms with Gasteiger partial charge in [-0.05, 0) is 37.8 Å². The van der Waals surface area contributed by atoms with E-state index in [9.17, 15) is 9.90 Å². The molecule has 0 heterocycles. The first-order valence-electron chi connectivity index (χ1n) is 6.61. The van der Waals surface area contributed by atoms with Crippen molar-refractivity contribution in [1.29, 1.82) is 0 Å². The molecule has 0 aromatic heterocycles. The third-order valence-corrected chi connectivity index (χ3v) is 3.22. The summed E-state index contributed by atoms with van der Waals surface area (Å²) in [6.07, 6.45) is 1.60. The summed E-state index contributed by atoms with van der Waals surface area (Å²) < 4.78 is 5.40. The Kier molecular flexibility index (Phi) is 4.27. The van der Waals surface area contributed by atoms with E-state index in [1.165, 1.54) is 0 Å². The monoisotopic (exact) mass is 264 g/mol. The maximum Gasteiger partial charge on any atom is 0.257 e. The maximum atomic E-state index is 12.1. The predicted octanol–water partition coefficient (Wildman–Crippen LogP) is 1.17. The van der Waals surface area contributed by atoms with E-state index in [-0.39, 0.29) is 12.5 Å². The Labute approximate surface area is 112 Å². The van der Waals surface area contributed by atoms with E-state index in [2.05, 4.69) is 5.32 Å². The van der Waals surface area contributed by atoms with Crippen LogP contribution in [0.25, 0.3) is 0 Å². The Bertz CT molecular complexity index is 458. The van der Waals surface area contributed by atoms with E-state index in [0.717, 1.165) is 12.8 Å². The molecule has 1 aliphatic rings. The van der Waals surface area contributed by atoms with Crippen LogP contribution in [0.1, 0.15) is 30.1 Å². The Hall–Kier alpha value is -1.75. The number of nitrogen functional groups attached to an aromatic ring is 1. The lowest BCUT2D eigenvalue weighted by Crippen LogP contribution is -2.33. The number of nitrogens with two attached hydrogens (primary N) is 1. The summed E-state index contributed by atoms with van der Waals surface area (Å²) in [5.74, 6) is 0.502. The van der Waals surface area contributed by atoms with Crippen molar-refractivity contribution in [3.63, 3.8) is 0 Å². The number of benzene rings is 1. The number of hydrogen-bond donors (Lipinski definition) is 3. The van der Waals surface area contributed by atoms with Crippen LogP contribution >= 0.6 is 0 Å². The van der Waals surface area contributed by atoms with Gasteiger partial charge in [-0.15, -0.1) is 0 Å². The summed E-state index contributed by atoms with van der Waals surface area (Å²) in [6, 6.07) is 5.12. The number of aliphatic hydroxyl groups is 1. The molecule has 0 bridgehead atoms. The average Bonchev–Trinajstić information content (AvgIpc) is 3.20. The fourth-order valence-corrected chi connectivity index (χ4v) is 2.00. The normalized spacial score (nSPS) is 15.9. The van der Waals surface area contributed by atoms with Gasteiger partial charge in [0.05, 0.1) is 12.7 Å². The first-order valence-corrected chi connectivity index (χ1v) is 6.61. The first kappa shape index (κ1) is 13.7. The van der Waals surface area contributed by atoms with Gasteiger partial charge in [0, 0.05) is 12.2 Å². The molecule has 0 saturated heterocycles. The molecular weight excluding hydrogens is 244 g/mol. The zero-order chi connectivity index (χ0) is 13.8. The molecule has 1 saturated carbocycles. The minimum absolute atomic E-state index is 0.253. The van der Waals surface area contributed by atoms with Crippen molar-refractivity contribution < 1.29 is 14.6 Å². The molecule has 0 radical (unpaired) electrons. The van der Waals surface area contributed by atoms with Gasteiger partial charge < -0.3 is 20.9 Å². The lowest BCUT2D eigenvalue weighted by Gasteiger charge is -2.14. The molecule has 5 nitrogen and oxygen atoms in total. The summed E-state index contributed by atoms with van der Waals surface area (Å²) in [5, 5.41) is 12.5. The lowest BCUT2D eigenvalue weighted by atomic mass is 10.1. The number of amides is 1. The summed E-state index contributed by atoms with van der Waals surface area (Å²) in [6.45, 7) is 2.57. The van der Waals surface area contributed by atoms with E-state index in [4.69, 9.17) is 10.5 Å². The van der Waals surface area contributed by atoms with Gasteiger partial charge in [0.15, 0.2) is 0 Å². The van der Waals surface area contributed by atoms with E-state index < -0.39 is 6.10 Å². The molecule has 0 aliphatic heterocycles. The number of carbonyl (C=O) groups is 1. The lowest BCUT2D eigenvalue weighted by molar-refractivity contribution is 0.0898. The zero-order valence-corrected chi connectivity index (χ0v) is 11.1. The molecule has 19 heavy (non-hydrogen) atoms. The smallest absolute Gasteiger partial charge is 0.257 e. The summed E-state index contributed by atoms with van der Waals surface area (Å²) >= 11 is 0. The molecule has 1 fully saturated rings. The van der Waals surface area contributed by atoms with Crippen LogP contribution in [-0.2, 0) is 0 Å². The standard InChI is InChI=1S/C14H20N2O3/c1-2-19-12-5-3-4-10(15)13(12)14(18)16-8-11(17)9-6-7-9/h3-5,9,11,17H,2,6-8,15H2,1H3,(H,16,18). The Morgan fingerprint density at radius 1 is 1.58 bits per heavy atom. The highest BCUT2D eigenvalue weighted by atomic mass is 16.5.